The molecule has 186 valence electrons. The Morgan fingerprint density at radius 2 is 0.938 bits per heavy atom. The maximum Gasteiger partial charge on any atom is 0.482 e. The average Bonchev–Trinajstić information content (AvgIpc) is 2.75. The Kier molecular flexibility index (Phi) is 8.64. The van der Waals surface area contributed by atoms with Crippen LogP contribution in [0.3, 0.4) is 0 Å². The van der Waals surface area contributed by atoms with E-state index in [1.165, 1.54) is 13.8 Å². The molecular formula is C10H18O18P4. The van der Waals surface area contributed by atoms with Crippen molar-refractivity contribution in [2.45, 2.75) is 38.3 Å². The topological polar surface area (TPSA) is 257 Å². The van der Waals surface area contributed by atoms with E-state index in [4.69, 9.17) is 0 Å². The number of ether oxygens (including phenoxy) is 2. The summed E-state index contributed by atoms with van der Waals surface area (Å²) >= 11 is 0. The SMILES string of the molecule is CCOC(=O)[C@H]1OP(=O)(O)OP(=O)(O)O[C@@H]1[C@@H]1OP(=O)(O)OP(=O)(O)O[C@H]1C(=O)OCC. The molecule has 0 radical (unpaired) electrons. The Hall–Kier alpha value is -0.540. The highest BCUT2D eigenvalue weighted by Crippen LogP contribution is 2.68. The molecule has 32 heavy (non-hydrogen) atoms. The van der Waals surface area contributed by atoms with E-state index in [1.807, 2.05) is 0 Å². The molecule has 2 aliphatic heterocycles. The molecule has 4 N–H and O–H groups in total. The fourth-order valence-electron chi connectivity index (χ4n) is 2.43. The summed E-state index contributed by atoms with van der Waals surface area (Å²) in [4.78, 5) is 63.3. The zero-order valence-corrected chi connectivity index (χ0v) is 19.6. The highest BCUT2D eigenvalue weighted by atomic mass is 31.3. The maximum atomic E-state index is 12.3. The Morgan fingerprint density at radius 3 is 1.22 bits per heavy atom. The minimum absolute atomic E-state index is 0.366. The van der Waals surface area contributed by atoms with Gasteiger partial charge in [-0.15, -0.1) is 0 Å². The van der Waals surface area contributed by atoms with Gasteiger partial charge in [-0.3, -0.25) is 18.1 Å². The van der Waals surface area contributed by atoms with Crippen molar-refractivity contribution in [2.75, 3.05) is 13.2 Å². The van der Waals surface area contributed by atoms with Gasteiger partial charge in [-0.1, -0.05) is 0 Å². The van der Waals surface area contributed by atoms with Gasteiger partial charge in [-0.2, -0.15) is 8.62 Å². The van der Waals surface area contributed by atoms with E-state index in [0.717, 1.165) is 0 Å². The third kappa shape index (κ3) is 7.23. The summed E-state index contributed by atoms with van der Waals surface area (Å²) in [6.07, 6.45) is -10.2. The van der Waals surface area contributed by atoms with Crippen molar-refractivity contribution in [3.05, 3.63) is 0 Å². The van der Waals surface area contributed by atoms with Gasteiger partial charge in [0.15, 0.2) is 12.2 Å². The first-order valence-corrected chi connectivity index (χ1v) is 14.3. The largest absolute Gasteiger partial charge is 0.482 e. The third-order valence-corrected chi connectivity index (χ3v) is 8.68. The van der Waals surface area contributed by atoms with Crippen LogP contribution in [0.2, 0.25) is 0 Å². The molecule has 2 rings (SSSR count). The van der Waals surface area contributed by atoms with Gasteiger partial charge in [0.05, 0.1) is 13.2 Å². The van der Waals surface area contributed by atoms with E-state index >= 15 is 0 Å². The molecule has 0 aromatic heterocycles. The fraction of sp³-hybridized carbons (Fsp3) is 0.800. The van der Waals surface area contributed by atoms with Gasteiger partial charge in [0.1, 0.15) is 12.2 Å². The molecule has 2 aliphatic rings. The van der Waals surface area contributed by atoms with Crippen molar-refractivity contribution in [3.8, 4) is 0 Å². The molecule has 8 atom stereocenters. The van der Waals surface area contributed by atoms with Crippen LogP contribution in [0.15, 0.2) is 0 Å². The molecule has 22 heteroatoms. The molecule has 2 fully saturated rings. The van der Waals surface area contributed by atoms with Crippen LogP contribution >= 0.6 is 31.3 Å². The van der Waals surface area contributed by atoms with Crippen LogP contribution < -0.4 is 0 Å². The number of rotatable bonds is 5. The lowest BCUT2D eigenvalue weighted by Crippen LogP contribution is -2.52. The molecule has 2 saturated heterocycles. The molecule has 18 nitrogen and oxygen atoms in total. The van der Waals surface area contributed by atoms with E-state index in [1.54, 1.807) is 0 Å². The van der Waals surface area contributed by atoms with Crippen molar-refractivity contribution < 1.29 is 83.6 Å². The fourth-order valence-corrected chi connectivity index (χ4v) is 7.20. The number of carbonyl (C=O) groups excluding carboxylic acids is 2. The summed E-state index contributed by atoms with van der Waals surface area (Å²) in [6.45, 7) is 1.85. The molecule has 0 aliphatic carbocycles. The van der Waals surface area contributed by atoms with Gasteiger partial charge < -0.3 is 29.0 Å². The Balaban J connectivity index is 2.66. The monoisotopic (exact) mass is 550 g/mol. The summed E-state index contributed by atoms with van der Waals surface area (Å²) in [6, 6.07) is 0. The van der Waals surface area contributed by atoms with Crippen molar-refractivity contribution in [1.29, 1.82) is 0 Å². The predicted octanol–water partition coefficient (Wildman–Crippen LogP) is 0.115. The van der Waals surface area contributed by atoms with Crippen LogP contribution in [0.1, 0.15) is 13.8 Å². The van der Waals surface area contributed by atoms with E-state index in [0.29, 0.717) is 0 Å². The Bertz CT molecular complexity index is 857. The Morgan fingerprint density at radius 1 is 0.656 bits per heavy atom. The molecule has 0 amide bonds. The highest BCUT2D eigenvalue weighted by molar-refractivity contribution is 7.61. The van der Waals surface area contributed by atoms with Crippen molar-refractivity contribution >= 4 is 43.2 Å². The molecule has 0 aromatic rings. The van der Waals surface area contributed by atoms with Crippen LogP contribution in [0.4, 0.5) is 0 Å². The highest BCUT2D eigenvalue weighted by Gasteiger charge is 2.60. The zero-order valence-electron chi connectivity index (χ0n) is 16.0. The van der Waals surface area contributed by atoms with Gasteiger partial charge in [0, 0.05) is 0 Å². The lowest BCUT2D eigenvalue weighted by molar-refractivity contribution is -0.170. The van der Waals surface area contributed by atoms with E-state index in [-0.39, 0.29) is 13.2 Å². The number of hydrogen-bond donors (Lipinski definition) is 4. The van der Waals surface area contributed by atoms with Crippen LogP contribution in [-0.4, -0.2) is 69.1 Å². The van der Waals surface area contributed by atoms with Crippen molar-refractivity contribution in [2.24, 2.45) is 0 Å². The minimum atomic E-state index is -5.61. The van der Waals surface area contributed by atoms with Crippen LogP contribution in [-0.2, 0) is 64.0 Å². The summed E-state index contributed by atoms with van der Waals surface area (Å²) in [7, 11) is -22.2. The van der Waals surface area contributed by atoms with Crippen LogP contribution in [0, 0.1) is 0 Å². The van der Waals surface area contributed by atoms with E-state index in [9.17, 15) is 47.4 Å². The van der Waals surface area contributed by atoms with Gasteiger partial charge in [0.2, 0.25) is 0 Å². The standard InChI is InChI=1S/C10H18O18P4/c1-3-21-9(11)7-5(23-29(13,14)27-31(17,18)25-7)6-8(10(12)22-4-2)26-32(19,20)28-30(15,16)24-6/h5-8H,3-4H2,1-2H3,(H,13,14)(H,15,16)(H,17,18)(H,19,20)/t5-,6+,7+,8-. The zero-order chi connectivity index (χ0) is 24.5. The second kappa shape index (κ2) is 9.98. The molecule has 4 unspecified atom stereocenters. The first-order valence-electron chi connectivity index (χ1n) is 8.32. The molecular weight excluding hydrogens is 532 g/mol. The number of carbonyl (C=O) groups is 2. The maximum absolute atomic E-state index is 12.3. The molecule has 0 saturated carbocycles. The second-order valence-electron chi connectivity index (χ2n) is 5.73. The third-order valence-electron chi connectivity index (χ3n) is 3.37. The van der Waals surface area contributed by atoms with E-state index in [2.05, 4.69) is 36.2 Å². The summed E-state index contributed by atoms with van der Waals surface area (Å²) in [5, 5.41) is 0. The van der Waals surface area contributed by atoms with Gasteiger partial charge in [-0.25, -0.2) is 27.8 Å². The van der Waals surface area contributed by atoms with Gasteiger partial charge in [0.25, 0.3) is 0 Å². The van der Waals surface area contributed by atoms with Crippen molar-refractivity contribution in [3.63, 3.8) is 0 Å². The quantitative estimate of drug-likeness (QED) is 0.262. The molecule has 0 aromatic carbocycles. The summed E-state index contributed by atoms with van der Waals surface area (Å²) < 4.78 is 83.3. The number of hydrogen-bond acceptors (Lipinski definition) is 14. The Labute approximate surface area is 179 Å². The smallest absolute Gasteiger partial charge is 0.464 e. The molecule has 0 spiro atoms. The number of phosphoric ester groups is 4. The molecule has 0 bridgehead atoms. The average molecular weight is 550 g/mol. The summed E-state index contributed by atoms with van der Waals surface area (Å²) in [5.74, 6) is -3.10. The summed E-state index contributed by atoms with van der Waals surface area (Å²) in [5.41, 5.74) is 0. The first kappa shape index (κ1) is 27.7. The van der Waals surface area contributed by atoms with Gasteiger partial charge in [-0.05, 0) is 13.8 Å². The molecule has 2 heterocycles. The first-order chi connectivity index (χ1) is 14.5. The number of esters is 2. The minimum Gasteiger partial charge on any atom is -0.464 e. The second-order valence-corrected chi connectivity index (χ2v) is 11.6. The van der Waals surface area contributed by atoms with Crippen LogP contribution in [0.5, 0.6) is 0 Å². The number of phosphoric acid groups is 4. The lowest BCUT2D eigenvalue weighted by atomic mass is 10.0. The van der Waals surface area contributed by atoms with E-state index < -0.39 is 67.6 Å². The van der Waals surface area contributed by atoms with Crippen LogP contribution in [0.25, 0.3) is 0 Å². The lowest BCUT2D eigenvalue weighted by Gasteiger charge is -2.31. The normalized spacial score (nSPS) is 45.3. The predicted molar refractivity (Wildman–Crippen MR) is 94.2 cm³/mol. The van der Waals surface area contributed by atoms with Gasteiger partial charge >= 0.3 is 43.2 Å². The van der Waals surface area contributed by atoms with Crippen molar-refractivity contribution in [1.82, 2.24) is 0 Å².